The third kappa shape index (κ3) is 3.19. The van der Waals surface area contributed by atoms with Gasteiger partial charge < -0.3 is 9.67 Å². The highest BCUT2D eigenvalue weighted by molar-refractivity contribution is 7.89. The molecule has 0 fully saturated rings. The van der Waals surface area contributed by atoms with Crippen molar-refractivity contribution >= 4 is 21.6 Å². The predicted octanol–water partition coefficient (Wildman–Crippen LogP) is 0.465. The average Bonchev–Trinajstić information content (AvgIpc) is 2.56. The third-order valence-corrected chi connectivity index (χ3v) is 4.70. The van der Waals surface area contributed by atoms with Crippen LogP contribution in [-0.2, 0) is 17.1 Å². The summed E-state index contributed by atoms with van der Waals surface area (Å²) < 4.78 is 26.7. The second kappa shape index (κ2) is 5.34. The van der Waals surface area contributed by atoms with Crippen molar-refractivity contribution in [2.45, 2.75) is 24.5 Å². The van der Waals surface area contributed by atoms with Crippen LogP contribution in [0.2, 0.25) is 5.15 Å². The first-order valence-electron chi connectivity index (χ1n) is 5.08. The highest BCUT2D eigenvalue weighted by Gasteiger charge is 2.27. The summed E-state index contributed by atoms with van der Waals surface area (Å²) in [6.45, 7) is 1.82. The molecule has 0 aromatic carbocycles. The Morgan fingerprint density at radius 1 is 1.65 bits per heavy atom. The monoisotopic (exact) mass is 281 g/mol. The number of sulfonamides is 1. The largest absolute Gasteiger partial charge is 0.393 e. The van der Waals surface area contributed by atoms with E-state index in [1.165, 1.54) is 17.9 Å². The van der Waals surface area contributed by atoms with Gasteiger partial charge in [0.25, 0.3) is 10.0 Å². The molecule has 8 heteroatoms. The first-order chi connectivity index (χ1) is 7.76. The summed E-state index contributed by atoms with van der Waals surface area (Å²) in [7, 11) is -0.638. The standard InChI is InChI=1S/C9H16ClN3O3S/c1-7(14)4-5-13(3)17(15,16)9-8(10)12(2)6-11-9/h6-7,14H,4-5H2,1-3H3. The lowest BCUT2D eigenvalue weighted by Gasteiger charge is -2.16. The van der Waals surface area contributed by atoms with Gasteiger partial charge in [0.2, 0.25) is 5.03 Å². The summed E-state index contributed by atoms with van der Waals surface area (Å²) in [6, 6.07) is 0. The summed E-state index contributed by atoms with van der Waals surface area (Å²) in [5.41, 5.74) is 0. The SMILES string of the molecule is CC(O)CCN(C)S(=O)(=O)c1ncn(C)c1Cl. The zero-order chi connectivity index (χ0) is 13.2. The smallest absolute Gasteiger partial charge is 0.263 e. The molecule has 0 bridgehead atoms. The fourth-order valence-electron chi connectivity index (χ4n) is 1.20. The van der Waals surface area contributed by atoms with Crippen LogP contribution < -0.4 is 0 Å². The second-order valence-electron chi connectivity index (χ2n) is 3.92. The highest BCUT2D eigenvalue weighted by Crippen LogP contribution is 2.21. The lowest BCUT2D eigenvalue weighted by atomic mass is 10.3. The molecular formula is C9H16ClN3O3S. The van der Waals surface area contributed by atoms with Gasteiger partial charge in [0, 0.05) is 20.6 Å². The molecule has 1 unspecified atom stereocenters. The van der Waals surface area contributed by atoms with E-state index in [-0.39, 0.29) is 16.7 Å². The minimum Gasteiger partial charge on any atom is -0.393 e. The maximum Gasteiger partial charge on any atom is 0.263 e. The Balaban J connectivity index is 2.92. The van der Waals surface area contributed by atoms with Crippen molar-refractivity contribution in [3.05, 3.63) is 11.5 Å². The van der Waals surface area contributed by atoms with E-state index in [1.54, 1.807) is 14.0 Å². The van der Waals surface area contributed by atoms with Crippen LogP contribution >= 0.6 is 11.6 Å². The van der Waals surface area contributed by atoms with Crippen LogP contribution in [0, 0.1) is 0 Å². The number of imidazole rings is 1. The van der Waals surface area contributed by atoms with Gasteiger partial charge in [0.1, 0.15) is 5.15 Å². The first kappa shape index (κ1) is 14.4. The van der Waals surface area contributed by atoms with E-state index in [0.717, 1.165) is 4.31 Å². The Hall–Kier alpha value is -0.630. The maximum absolute atomic E-state index is 12.1. The average molecular weight is 282 g/mol. The van der Waals surface area contributed by atoms with Crippen molar-refractivity contribution in [1.82, 2.24) is 13.9 Å². The number of aromatic nitrogens is 2. The lowest BCUT2D eigenvalue weighted by molar-refractivity contribution is 0.177. The molecule has 0 saturated heterocycles. The Labute approximate surface area is 106 Å². The van der Waals surface area contributed by atoms with Gasteiger partial charge in [0.05, 0.1) is 12.4 Å². The molecule has 6 nitrogen and oxygen atoms in total. The number of halogens is 1. The molecule has 1 aromatic heterocycles. The van der Waals surface area contributed by atoms with Crippen molar-refractivity contribution < 1.29 is 13.5 Å². The number of hydrogen-bond donors (Lipinski definition) is 1. The fourth-order valence-corrected chi connectivity index (χ4v) is 2.77. The van der Waals surface area contributed by atoms with Crippen LogP contribution in [-0.4, -0.2) is 47.1 Å². The topological polar surface area (TPSA) is 75.4 Å². The number of hydrogen-bond acceptors (Lipinski definition) is 4. The third-order valence-electron chi connectivity index (χ3n) is 2.35. The van der Waals surface area contributed by atoms with Crippen molar-refractivity contribution in [3.63, 3.8) is 0 Å². The van der Waals surface area contributed by atoms with E-state index in [4.69, 9.17) is 16.7 Å². The Morgan fingerprint density at radius 2 is 2.24 bits per heavy atom. The molecule has 0 saturated carbocycles. The molecule has 1 N–H and O–H groups in total. The summed E-state index contributed by atoms with van der Waals surface area (Å²) in [5.74, 6) is 0. The molecule has 0 aliphatic rings. The zero-order valence-corrected chi connectivity index (χ0v) is 11.5. The van der Waals surface area contributed by atoms with Crippen molar-refractivity contribution in [3.8, 4) is 0 Å². The molecular weight excluding hydrogens is 266 g/mol. The van der Waals surface area contributed by atoms with Crippen LogP contribution in [0.5, 0.6) is 0 Å². The first-order valence-corrected chi connectivity index (χ1v) is 6.90. The summed E-state index contributed by atoms with van der Waals surface area (Å²) >= 11 is 5.85. The van der Waals surface area contributed by atoms with E-state index < -0.39 is 16.1 Å². The van der Waals surface area contributed by atoms with Gasteiger partial charge in [-0.15, -0.1) is 0 Å². The summed E-state index contributed by atoms with van der Waals surface area (Å²) in [6.07, 6.45) is 1.16. The normalized spacial score (nSPS) is 14.2. The minimum atomic E-state index is -3.69. The number of aryl methyl sites for hydroxylation is 1. The molecule has 98 valence electrons. The van der Waals surface area contributed by atoms with Crippen molar-refractivity contribution in [2.24, 2.45) is 7.05 Å². The molecule has 0 aliphatic carbocycles. The summed E-state index contributed by atoms with van der Waals surface area (Å²) in [4.78, 5) is 3.77. The quantitative estimate of drug-likeness (QED) is 0.851. The van der Waals surface area contributed by atoms with Crippen molar-refractivity contribution in [1.29, 1.82) is 0 Å². The molecule has 0 aliphatic heterocycles. The van der Waals surface area contributed by atoms with E-state index in [1.807, 2.05) is 0 Å². The van der Waals surface area contributed by atoms with Gasteiger partial charge in [-0.25, -0.2) is 13.4 Å². The predicted molar refractivity (Wildman–Crippen MR) is 64.3 cm³/mol. The molecule has 1 aromatic rings. The van der Waals surface area contributed by atoms with Gasteiger partial charge in [0.15, 0.2) is 0 Å². The molecule has 1 heterocycles. The fraction of sp³-hybridized carbons (Fsp3) is 0.667. The molecule has 0 amide bonds. The van der Waals surface area contributed by atoms with Crippen LogP contribution in [0.1, 0.15) is 13.3 Å². The Bertz CT molecular complexity index is 484. The van der Waals surface area contributed by atoms with Gasteiger partial charge in [-0.1, -0.05) is 11.6 Å². The van der Waals surface area contributed by atoms with Crippen LogP contribution in [0.25, 0.3) is 0 Å². The van der Waals surface area contributed by atoms with Crippen LogP contribution in [0.3, 0.4) is 0 Å². The molecule has 1 rings (SSSR count). The Morgan fingerprint density at radius 3 is 2.65 bits per heavy atom. The highest BCUT2D eigenvalue weighted by atomic mass is 35.5. The lowest BCUT2D eigenvalue weighted by Crippen LogP contribution is -2.30. The van der Waals surface area contributed by atoms with Gasteiger partial charge in [-0.3, -0.25) is 0 Å². The summed E-state index contributed by atoms with van der Waals surface area (Å²) in [5, 5.41) is 9.05. The van der Waals surface area contributed by atoms with E-state index in [2.05, 4.69) is 4.98 Å². The van der Waals surface area contributed by atoms with Gasteiger partial charge >= 0.3 is 0 Å². The number of nitrogens with zero attached hydrogens (tertiary/aromatic N) is 3. The van der Waals surface area contributed by atoms with Gasteiger partial charge in [-0.2, -0.15) is 4.31 Å². The molecule has 0 radical (unpaired) electrons. The van der Waals surface area contributed by atoms with Gasteiger partial charge in [-0.05, 0) is 13.3 Å². The van der Waals surface area contributed by atoms with E-state index in [0.29, 0.717) is 6.42 Å². The van der Waals surface area contributed by atoms with Crippen molar-refractivity contribution in [2.75, 3.05) is 13.6 Å². The molecule has 0 spiro atoms. The second-order valence-corrected chi connectivity index (χ2v) is 6.23. The Kier molecular flexibility index (Phi) is 4.54. The minimum absolute atomic E-state index is 0.0777. The number of aliphatic hydroxyl groups excluding tert-OH is 1. The maximum atomic E-state index is 12.1. The van der Waals surface area contributed by atoms with Crippen LogP contribution in [0.15, 0.2) is 11.4 Å². The van der Waals surface area contributed by atoms with Crippen LogP contribution in [0.4, 0.5) is 0 Å². The molecule has 17 heavy (non-hydrogen) atoms. The zero-order valence-electron chi connectivity index (χ0n) is 9.96. The van der Waals surface area contributed by atoms with E-state index in [9.17, 15) is 8.42 Å². The number of rotatable bonds is 5. The van der Waals surface area contributed by atoms with E-state index >= 15 is 0 Å². The number of aliphatic hydroxyl groups is 1. The molecule has 1 atom stereocenters.